The van der Waals surface area contributed by atoms with Gasteiger partial charge in [-0.25, -0.2) is 4.79 Å². The van der Waals surface area contributed by atoms with Crippen molar-refractivity contribution in [3.05, 3.63) is 0 Å². The van der Waals surface area contributed by atoms with E-state index in [4.69, 9.17) is 4.74 Å². The van der Waals surface area contributed by atoms with Gasteiger partial charge in [0.15, 0.2) is 0 Å². The Morgan fingerprint density at radius 2 is 1.80 bits per heavy atom. The summed E-state index contributed by atoms with van der Waals surface area (Å²) in [5.41, 5.74) is 0. The summed E-state index contributed by atoms with van der Waals surface area (Å²) in [6.07, 6.45) is 0. The molecule has 7 heteroatoms. The van der Waals surface area contributed by atoms with Crippen LogP contribution in [0.5, 0.6) is 0 Å². The number of piperazine rings is 1. The molecule has 0 aromatic heterocycles. The summed E-state index contributed by atoms with van der Waals surface area (Å²) in [4.78, 5) is 27.8. The van der Waals surface area contributed by atoms with E-state index < -0.39 is 0 Å². The van der Waals surface area contributed by atoms with E-state index in [1.165, 1.54) is 0 Å². The summed E-state index contributed by atoms with van der Waals surface area (Å²) < 4.78 is 5.38. The first-order valence-corrected chi connectivity index (χ1v) is 7.24. The maximum absolute atomic E-state index is 12.5. The minimum atomic E-state index is -0.101. The molecule has 3 amide bonds. The normalized spacial score (nSPS) is 26.7. The van der Waals surface area contributed by atoms with Crippen molar-refractivity contribution in [2.75, 3.05) is 53.0 Å². The maximum Gasteiger partial charge on any atom is 0.317 e. The molecule has 2 saturated heterocycles. The van der Waals surface area contributed by atoms with E-state index in [0.29, 0.717) is 45.9 Å². The number of ether oxygens (including phenoxy) is 1. The third-order valence-electron chi connectivity index (χ3n) is 3.98. The zero-order chi connectivity index (χ0) is 14.5. The molecule has 2 N–H and O–H groups in total. The van der Waals surface area contributed by atoms with Gasteiger partial charge in [0, 0.05) is 38.8 Å². The molecule has 0 aliphatic carbocycles. The lowest BCUT2D eigenvalue weighted by molar-refractivity contribution is -0.137. The van der Waals surface area contributed by atoms with Crippen LogP contribution < -0.4 is 10.6 Å². The lowest BCUT2D eigenvalue weighted by Crippen LogP contribution is -2.55. The van der Waals surface area contributed by atoms with E-state index in [1.54, 1.807) is 4.90 Å². The summed E-state index contributed by atoms with van der Waals surface area (Å²) in [6, 6.07) is 0.0563. The third kappa shape index (κ3) is 3.21. The van der Waals surface area contributed by atoms with Gasteiger partial charge in [0.1, 0.15) is 0 Å². The number of nitrogens with zero attached hydrogens (tertiary/aromatic N) is 2. The van der Waals surface area contributed by atoms with Crippen LogP contribution in [-0.2, 0) is 9.53 Å². The minimum Gasteiger partial charge on any atom is -0.379 e. The van der Waals surface area contributed by atoms with Gasteiger partial charge in [0.05, 0.1) is 19.1 Å². The molecule has 0 spiro atoms. The maximum atomic E-state index is 12.5. The minimum absolute atomic E-state index is 0.0445. The molecule has 20 heavy (non-hydrogen) atoms. The molecule has 0 aromatic carbocycles. The van der Waals surface area contributed by atoms with Crippen LogP contribution in [0.2, 0.25) is 0 Å². The molecule has 2 fully saturated rings. The number of likely N-dealkylation sites (N-methyl/N-ethyl adjacent to an activating group) is 1. The summed E-state index contributed by atoms with van der Waals surface area (Å²) in [7, 11) is 1.85. The average Bonchev–Trinajstić information content (AvgIpc) is 2.95. The Bertz CT molecular complexity index is 356. The van der Waals surface area contributed by atoms with Crippen LogP contribution in [0.4, 0.5) is 4.79 Å². The average molecular weight is 284 g/mol. The smallest absolute Gasteiger partial charge is 0.317 e. The van der Waals surface area contributed by atoms with Crippen molar-refractivity contribution in [1.82, 2.24) is 20.4 Å². The largest absolute Gasteiger partial charge is 0.379 e. The highest BCUT2D eigenvalue weighted by atomic mass is 16.5. The highest BCUT2D eigenvalue weighted by Gasteiger charge is 2.36. The van der Waals surface area contributed by atoms with Crippen LogP contribution in [0.15, 0.2) is 0 Å². The Kier molecular flexibility index (Phi) is 5.19. The van der Waals surface area contributed by atoms with Gasteiger partial charge in [0.25, 0.3) is 0 Å². The topological polar surface area (TPSA) is 73.9 Å². The number of carbonyl (C=O) groups is 2. The van der Waals surface area contributed by atoms with Gasteiger partial charge in [-0.2, -0.15) is 0 Å². The van der Waals surface area contributed by atoms with Crippen molar-refractivity contribution in [3.8, 4) is 0 Å². The number of amides is 3. The number of carbonyl (C=O) groups excluding carboxylic acids is 2. The van der Waals surface area contributed by atoms with E-state index in [2.05, 4.69) is 10.6 Å². The van der Waals surface area contributed by atoms with Crippen molar-refractivity contribution in [1.29, 1.82) is 0 Å². The molecule has 2 unspecified atom stereocenters. The Labute approximate surface area is 119 Å². The van der Waals surface area contributed by atoms with Crippen LogP contribution in [0.1, 0.15) is 6.92 Å². The lowest BCUT2D eigenvalue weighted by Gasteiger charge is -2.36. The molecule has 2 aliphatic rings. The van der Waals surface area contributed by atoms with Crippen molar-refractivity contribution in [2.24, 2.45) is 5.92 Å². The van der Waals surface area contributed by atoms with E-state index in [-0.39, 0.29) is 23.9 Å². The molecule has 7 nitrogen and oxygen atoms in total. The molecule has 0 bridgehead atoms. The molecule has 2 atom stereocenters. The predicted molar refractivity (Wildman–Crippen MR) is 74.4 cm³/mol. The monoisotopic (exact) mass is 284 g/mol. The summed E-state index contributed by atoms with van der Waals surface area (Å²) >= 11 is 0. The second-order valence-electron chi connectivity index (χ2n) is 5.19. The second kappa shape index (κ2) is 6.90. The number of nitrogens with one attached hydrogen (secondary N) is 2. The number of hydrogen-bond donors (Lipinski definition) is 2. The van der Waals surface area contributed by atoms with Gasteiger partial charge >= 0.3 is 6.03 Å². The molecule has 0 radical (unpaired) electrons. The second-order valence-corrected chi connectivity index (χ2v) is 5.19. The first kappa shape index (κ1) is 15.1. The molecule has 0 saturated carbocycles. The third-order valence-corrected chi connectivity index (χ3v) is 3.98. The van der Waals surface area contributed by atoms with Crippen molar-refractivity contribution in [2.45, 2.75) is 13.0 Å². The molecular weight excluding hydrogens is 260 g/mol. The zero-order valence-electron chi connectivity index (χ0n) is 12.2. The standard InChI is InChI=1S/C13H24N4O3/c1-3-15-13(19)17-6-4-16(5-7-17)12(18)10-8-20-9-11(10)14-2/h10-11,14H,3-9H2,1-2H3,(H,15,19). The summed E-state index contributed by atoms with van der Waals surface area (Å²) in [5, 5.41) is 5.91. The van der Waals surface area contributed by atoms with E-state index in [1.807, 2.05) is 18.9 Å². The molecule has 2 aliphatic heterocycles. The Hall–Kier alpha value is -1.34. The highest BCUT2D eigenvalue weighted by molar-refractivity contribution is 5.80. The Balaban J connectivity index is 1.84. The zero-order valence-corrected chi connectivity index (χ0v) is 12.2. The van der Waals surface area contributed by atoms with Crippen LogP contribution in [0, 0.1) is 5.92 Å². The van der Waals surface area contributed by atoms with Crippen LogP contribution in [-0.4, -0.2) is 80.8 Å². The highest BCUT2D eigenvalue weighted by Crippen LogP contribution is 2.17. The van der Waals surface area contributed by atoms with Crippen LogP contribution in [0.3, 0.4) is 0 Å². The van der Waals surface area contributed by atoms with Gasteiger partial charge in [-0.1, -0.05) is 0 Å². The Morgan fingerprint density at radius 1 is 1.15 bits per heavy atom. The van der Waals surface area contributed by atoms with Crippen LogP contribution in [0.25, 0.3) is 0 Å². The number of urea groups is 1. The summed E-state index contributed by atoms with van der Waals surface area (Å²) in [5.74, 6) is 0.0356. The van der Waals surface area contributed by atoms with E-state index in [9.17, 15) is 9.59 Å². The predicted octanol–water partition coefficient (Wildman–Crippen LogP) is -0.905. The molecule has 2 rings (SSSR count). The van der Waals surface area contributed by atoms with E-state index >= 15 is 0 Å². The molecule has 114 valence electrons. The SMILES string of the molecule is CCNC(=O)N1CCN(C(=O)C2COCC2NC)CC1. The fraction of sp³-hybridized carbons (Fsp3) is 0.846. The van der Waals surface area contributed by atoms with Crippen molar-refractivity contribution >= 4 is 11.9 Å². The lowest BCUT2D eigenvalue weighted by atomic mass is 10.0. The summed E-state index contributed by atoms with van der Waals surface area (Å²) in [6.45, 7) is 5.99. The Morgan fingerprint density at radius 3 is 2.40 bits per heavy atom. The van der Waals surface area contributed by atoms with E-state index in [0.717, 1.165) is 0 Å². The van der Waals surface area contributed by atoms with Crippen molar-refractivity contribution in [3.63, 3.8) is 0 Å². The van der Waals surface area contributed by atoms with Gasteiger partial charge in [-0.3, -0.25) is 4.79 Å². The first-order chi connectivity index (χ1) is 9.67. The fourth-order valence-corrected chi connectivity index (χ4v) is 2.71. The quantitative estimate of drug-likeness (QED) is 0.704. The van der Waals surface area contributed by atoms with Gasteiger partial charge in [0.2, 0.25) is 5.91 Å². The first-order valence-electron chi connectivity index (χ1n) is 7.24. The van der Waals surface area contributed by atoms with Crippen LogP contribution >= 0.6 is 0 Å². The van der Waals surface area contributed by atoms with Gasteiger partial charge in [-0.15, -0.1) is 0 Å². The number of hydrogen-bond acceptors (Lipinski definition) is 4. The van der Waals surface area contributed by atoms with Gasteiger partial charge in [-0.05, 0) is 14.0 Å². The van der Waals surface area contributed by atoms with Gasteiger partial charge < -0.3 is 25.2 Å². The fourth-order valence-electron chi connectivity index (χ4n) is 2.71. The number of rotatable bonds is 3. The van der Waals surface area contributed by atoms with Crippen molar-refractivity contribution < 1.29 is 14.3 Å². The molecule has 2 heterocycles. The molecule has 0 aromatic rings. The molecular formula is C13H24N4O3.